The van der Waals surface area contributed by atoms with Crippen LogP contribution < -0.4 is 0 Å². The maximum Gasteiger partial charge on any atom is 0.0720 e. The van der Waals surface area contributed by atoms with Gasteiger partial charge in [-0.1, -0.05) is 25.0 Å². The first kappa shape index (κ1) is 6.81. The average Bonchev–Trinajstić information content (AvgIpc) is 1.79. The molecule has 0 aromatic rings. The van der Waals surface area contributed by atoms with Crippen molar-refractivity contribution in [3.8, 4) is 0 Å². The topological polar surface area (TPSA) is 20.2 Å². The van der Waals surface area contributed by atoms with Crippen molar-refractivity contribution in [2.45, 2.75) is 38.2 Å². The lowest BCUT2D eigenvalue weighted by atomic mass is 10.0. The predicted octanol–water partition coefficient (Wildman–Crippen LogP) is 1.87. The van der Waals surface area contributed by atoms with Crippen LogP contribution in [0.1, 0.15) is 32.1 Å². The van der Waals surface area contributed by atoms with Gasteiger partial charge in [-0.2, -0.15) is 0 Å². The molecule has 0 saturated heterocycles. The van der Waals surface area contributed by atoms with E-state index in [0.29, 0.717) is 0 Å². The number of allylic oxidation sites excluding steroid dienone is 1. The van der Waals surface area contributed by atoms with Crippen LogP contribution in [0, 0.1) is 0 Å². The maximum atomic E-state index is 9.13. The van der Waals surface area contributed by atoms with Crippen molar-refractivity contribution in [2.75, 3.05) is 0 Å². The van der Waals surface area contributed by atoms with Crippen molar-refractivity contribution in [3.63, 3.8) is 0 Å². The van der Waals surface area contributed by atoms with Crippen molar-refractivity contribution < 1.29 is 5.11 Å². The van der Waals surface area contributed by atoms with Gasteiger partial charge in [0.25, 0.3) is 0 Å². The summed E-state index contributed by atoms with van der Waals surface area (Å²) in [6.07, 6.45) is 9.71. The van der Waals surface area contributed by atoms with Gasteiger partial charge in [-0.15, -0.1) is 0 Å². The van der Waals surface area contributed by atoms with E-state index in [4.69, 9.17) is 5.11 Å². The zero-order chi connectivity index (χ0) is 6.53. The maximum absolute atomic E-state index is 9.13. The molecular formula is C8H14O. The summed E-state index contributed by atoms with van der Waals surface area (Å²) >= 11 is 0. The fourth-order valence-electron chi connectivity index (χ4n) is 1.14. The monoisotopic (exact) mass is 126 g/mol. The minimum atomic E-state index is -0.162. The van der Waals surface area contributed by atoms with Crippen molar-refractivity contribution in [2.24, 2.45) is 0 Å². The van der Waals surface area contributed by atoms with Crippen LogP contribution in [0.5, 0.6) is 0 Å². The van der Waals surface area contributed by atoms with Gasteiger partial charge >= 0.3 is 0 Å². The van der Waals surface area contributed by atoms with E-state index in [-0.39, 0.29) is 6.10 Å². The molecule has 0 amide bonds. The van der Waals surface area contributed by atoms with Gasteiger partial charge in [-0.25, -0.2) is 0 Å². The molecule has 1 N–H and O–H groups in total. The molecule has 0 heterocycles. The van der Waals surface area contributed by atoms with Crippen LogP contribution in [0.25, 0.3) is 0 Å². The number of rotatable bonds is 0. The quantitative estimate of drug-likeness (QED) is 0.491. The Kier molecular flexibility index (Phi) is 2.78. The highest BCUT2D eigenvalue weighted by molar-refractivity contribution is 4.89. The number of hydrogen-bond donors (Lipinski definition) is 1. The molecule has 1 unspecified atom stereocenters. The molecule has 9 heavy (non-hydrogen) atoms. The molecule has 0 aromatic heterocycles. The Hall–Kier alpha value is -0.300. The van der Waals surface area contributed by atoms with Crippen LogP contribution in [-0.4, -0.2) is 11.2 Å². The summed E-state index contributed by atoms with van der Waals surface area (Å²) in [7, 11) is 0. The van der Waals surface area contributed by atoms with E-state index in [1.807, 2.05) is 6.08 Å². The molecule has 1 rings (SSSR count). The van der Waals surface area contributed by atoms with E-state index < -0.39 is 0 Å². The predicted molar refractivity (Wildman–Crippen MR) is 38.2 cm³/mol. The second-order valence-corrected chi connectivity index (χ2v) is 2.63. The third-order valence-corrected chi connectivity index (χ3v) is 1.73. The first-order chi connectivity index (χ1) is 4.39. The Labute approximate surface area is 56.4 Å². The average molecular weight is 126 g/mol. The van der Waals surface area contributed by atoms with Crippen molar-refractivity contribution in [1.29, 1.82) is 0 Å². The zero-order valence-electron chi connectivity index (χ0n) is 5.71. The van der Waals surface area contributed by atoms with Crippen LogP contribution in [0.3, 0.4) is 0 Å². The molecule has 52 valence electrons. The molecule has 0 fully saturated rings. The summed E-state index contributed by atoms with van der Waals surface area (Å²) in [5.41, 5.74) is 0. The van der Waals surface area contributed by atoms with Crippen molar-refractivity contribution >= 4 is 0 Å². The fraction of sp³-hybridized carbons (Fsp3) is 0.750. The zero-order valence-corrected chi connectivity index (χ0v) is 5.71. The minimum Gasteiger partial charge on any atom is -0.389 e. The molecule has 0 bridgehead atoms. The van der Waals surface area contributed by atoms with Crippen LogP contribution in [0.15, 0.2) is 12.2 Å². The van der Waals surface area contributed by atoms with Crippen LogP contribution in [0.2, 0.25) is 0 Å². The Balaban J connectivity index is 2.30. The summed E-state index contributed by atoms with van der Waals surface area (Å²) in [5, 5.41) is 9.13. The van der Waals surface area contributed by atoms with E-state index >= 15 is 0 Å². The highest BCUT2D eigenvalue weighted by Crippen LogP contribution is 2.10. The Bertz CT molecular complexity index is 96.7. The Morgan fingerprint density at radius 3 is 3.00 bits per heavy atom. The van der Waals surface area contributed by atoms with Crippen LogP contribution in [0.4, 0.5) is 0 Å². The minimum absolute atomic E-state index is 0.162. The van der Waals surface area contributed by atoms with Gasteiger partial charge in [-0.3, -0.25) is 0 Å². The molecule has 1 aliphatic carbocycles. The van der Waals surface area contributed by atoms with E-state index in [9.17, 15) is 0 Å². The normalized spacial score (nSPS) is 32.8. The molecule has 1 atom stereocenters. The number of aliphatic hydroxyl groups excluding tert-OH is 1. The first-order valence-corrected chi connectivity index (χ1v) is 3.74. The van der Waals surface area contributed by atoms with Crippen LogP contribution in [-0.2, 0) is 0 Å². The third kappa shape index (κ3) is 2.66. The lowest BCUT2D eigenvalue weighted by Gasteiger charge is -2.07. The molecule has 0 saturated carbocycles. The highest BCUT2D eigenvalue weighted by Gasteiger charge is 2.00. The van der Waals surface area contributed by atoms with Gasteiger partial charge in [-0.05, 0) is 19.3 Å². The number of hydrogen-bond acceptors (Lipinski definition) is 1. The molecule has 1 heteroatoms. The lowest BCUT2D eigenvalue weighted by molar-refractivity contribution is 0.206. The summed E-state index contributed by atoms with van der Waals surface area (Å²) < 4.78 is 0. The van der Waals surface area contributed by atoms with Gasteiger partial charge in [0.1, 0.15) is 0 Å². The fourth-order valence-corrected chi connectivity index (χ4v) is 1.14. The summed E-state index contributed by atoms with van der Waals surface area (Å²) in [5.74, 6) is 0. The summed E-state index contributed by atoms with van der Waals surface area (Å²) in [6.45, 7) is 0. The first-order valence-electron chi connectivity index (χ1n) is 3.74. The van der Waals surface area contributed by atoms with E-state index in [1.165, 1.54) is 19.3 Å². The molecule has 1 nitrogen and oxygen atoms in total. The molecule has 0 spiro atoms. The largest absolute Gasteiger partial charge is 0.389 e. The Morgan fingerprint density at radius 2 is 2.11 bits per heavy atom. The molecule has 1 aliphatic rings. The molecule has 0 aromatic carbocycles. The summed E-state index contributed by atoms with van der Waals surface area (Å²) in [4.78, 5) is 0. The molecular weight excluding hydrogens is 112 g/mol. The SMILES string of the molecule is OC1/C=C/CCCCC1. The van der Waals surface area contributed by atoms with Crippen molar-refractivity contribution in [3.05, 3.63) is 12.2 Å². The molecule has 0 radical (unpaired) electrons. The smallest absolute Gasteiger partial charge is 0.0720 e. The lowest BCUT2D eigenvalue weighted by Crippen LogP contribution is -2.02. The van der Waals surface area contributed by atoms with Gasteiger partial charge in [0.05, 0.1) is 6.10 Å². The van der Waals surface area contributed by atoms with E-state index in [0.717, 1.165) is 12.8 Å². The highest BCUT2D eigenvalue weighted by atomic mass is 16.3. The van der Waals surface area contributed by atoms with Gasteiger partial charge in [0.15, 0.2) is 0 Å². The second kappa shape index (κ2) is 3.67. The standard InChI is InChI=1S/C8H14O/c9-8-6-4-2-1-3-5-7-8/h4,6,8-9H,1-3,5,7H2/b6-4+. The second-order valence-electron chi connectivity index (χ2n) is 2.63. The van der Waals surface area contributed by atoms with E-state index in [2.05, 4.69) is 6.08 Å². The van der Waals surface area contributed by atoms with Gasteiger partial charge < -0.3 is 5.11 Å². The molecule has 0 aliphatic heterocycles. The third-order valence-electron chi connectivity index (χ3n) is 1.73. The number of aliphatic hydroxyl groups is 1. The van der Waals surface area contributed by atoms with E-state index in [1.54, 1.807) is 0 Å². The Morgan fingerprint density at radius 1 is 1.22 bits per heavy atom. The van der Waals surface area contributed by atoms with Gasteiger partial charge in [0.2, 0.25) is 0 Å². The van der Waals surface area contributed by atoms with Crippen LogP contribution >= 0.6 is 0 Å². The van der Waals surface area contributed by atoms with Gasteiger partial charge in [0, 0.05) is 0 Å². The summed E-state index contributed by atoms with van der Waals surface area (Å²) in [6, 6.07) is 0. The van der Waals surface area contributed by atoms with Crippen molar-refractivity contribution in [1.82, 2.24) is 0 Å².